The van der Waals surface area contributed by atoms with E-state index in [4.69, 9.17) is 13.9 Å². The molecule has 0 radical (unpaired) electrons. The normalized spacial score (nSPS) is 12.6. The topological polar surface area (TPSA) is 94.8 Å². The first-order valence-electron chi connectivity index (χ1n) is 11.6. The monoisotopic (exact) mass is 507 g/mol. The van der Waals surface area contributed by atoms with Crippen molar-refractivity contribution in [2.75, 3.05) is 7.11 Å². The fraction of sp³-hybridized carbons (Fsp3) is 0.250. The smallest absolute Gasteiger partial charge is 0.324 e. The van der Waals surface area contributed by atoms with Crippen molar-refractivity contribution >= 4 is 27.0 Å². The molecule has 0 unspecified atom stereocenters. The molecule has 0 aliphatic rings. The molecule has 1 aromatic heterocycles. The zero-order valence-electron chi connectivity index (χ0n) is 20.6. The molecule has 0 saturated carbocycles. The number of aryl methyl sites for hydroxylation is 1. The summed E-state index contributed by atoms with van der Waals surface area (Å²) in [6, 6.07) is 21.0. The molecule has 36 heavy (non-hydrogen) atoms. The van der Waals surface area contributed by atoms with Crippen molar-refractivity contribution in [1.29, 1.82) is 0 Å². The van der Waals surface area contributed by atoms with Gasteiger partial charge in [-0.2, -0.15) is 4.72 Å². The largest absolute Gasteiger partial charge is 0.486 e. The quantitative estimate of drug-likeness (QED) is 0.302. The molecule has 0 aliphatic carbocycles. The van der Waals surface area contributed by atoms with Crippen LogP contribution in [-0.4, -0.2) is 27.5 Å². The van der Waals surface area contributed by atoms with Gasteiger partial charge in [0, 0.05) is 10.9 Å². The zero-order valence-corrected chi connectivity index (χ0v) is 21.5. The molecule has 1 atom stereocenters. The number of methoxy groups -OCH3 is 1. The van der Waals surface area contributed by atoms with E-state index in [0.717, 1.165) is 33.4 Å². The molecule has 4 rings (SSSR count). The number of para-hydroxylation sites is 1. The van der Waals surface area contributed by atoms with Crippen molar-refractivity contribution in [3.8, 4) is 16.9 Å². The van der Waals surface area contributed by atoms with Gasteiger partial charge in [0.15, 0.2) is 0 Å². The number of carbonyl (C=O) groups is 1. The Morgan fingerprint density at radius 3 is 2.14 bits per heavy atom. The van der Waals surface area contributed by atoms with Crippen LogP contribution in [0.3, 0.4) is 0 Å². The number of hydrogen-bond acceptors (Lipinski definition) is 6. The van der Waals surface area contributed by atoms with Crippen LogP contribution in [0.5, 0.6) is 5.75 Å². The van der Waals surface area contributed by atoms with E-state index in [1.54, 1.807) is 26.0 Å². The lowest BCUT2D eigenvalue weighted by Crippen LogP contribution is -2.44. The van der Waals surface area contributed by atoms with Gasteiger partial charge in [0.05, 0.1) is 12.0 Å². The van der Waals surface area contributed by atoms with Crippen LogP contribution < -0.4 is 9.46 Å². The van der Waals surface area contributed by atoms with Gasteiger partial charge in [-0.3, -0.25) is 4.79 Å². The number of fused-ring (bicyclic) bond motifs is 1. The van der Waals surface area contributed by atoms with Gasteiger partial charge >= 0.3 is 5.97 Å². The molecule has 0 spiro atoms. The maximum Gasteiger partial charge on any atom is 0.324 e. The van der Waals surface area contributed by atoms with Gasteiger partial charge in [-0.05, 0) is 54.3 Å². The Morgan fingerprint density at radius 1 is 0.944 bits per heavy atom. The molecule has 0 amide bonds. The number of furan rings is 1. The van der Waals surface area contributed by atoms with Gasteiger partial charge in [-0.25, -0.2) is 8.42 Å². The van der Waals surface area contributed by atoms with Crippen molar-refractivity contribution < 1.29 is 27.1 Å². The molecule has 1 heterocycles. The standard InChI is InChI=1S/C28H29NO6S/c1-18(2)27(28(30)33-4)29-36(31,32)23-15-11-21(12-16-23)20-9-13-22(14-10-20)34-17-26-19(3)24-7-5-6-8-25(24)35-26/h5-16,18,27,29H,17H2,1-4H3/t27-/m1/s1. The molecule has 0 fully saturated rings. The summed E-state index contributed by atoms with van der Waals surface area (Å²) in [4.78, 5) is 12.0. The third-order valence-electron chi connectivity index (χ3n) is 6.07. The van der Waals surface area contributed by atoms with Crippen molar-refractivity contribution in [3.05, 3.63) is 84.1 Å². The predicted octanol–water partition coefficient (Wildman–Crippen LogP) is 5.46. The van der Waals surface area contributed by atoms with Crippen LogP contribution in [0.25, 0.3) is 22.1 Å². The van der Waals surface area contributed by atoms with Crippen molar-refractivity contribution in [2.24, 2.45) is 5.92 Å². The minimum Gasteiger partial charge on any atom is -0.486 e. The average molecular weight is 508 g/mol. The predicted molar refractivity (Wildman–Crippen MR) is 138 cm³/mol. The van der Waals surface area contributed by atoms with Gasteiger partial charge in [0.25, 0.3) is 0 Å². The fourth-order valence-electron chi connectivity index (χ4n) is 3.90. The number of benzene rings is 3. The summed E-state index contributed by atoms with van der Waals surface area (Å²) >= 11 is 0. The maximum absolute atomic E-state index is 12.8. The molecule has 3 aromatic carbocycles. The van der Waals surface area contributed by atoms with Gasteiger partial charge in [0.2, 0.25) is 10.0 Å². The number of esters is 1. The summed E-state index contributed by atoms with van der Waals surface area (Å²) in [5.41, 5.74) is 3.67. The number of rotatable bonds is 9. The number of nitrogens with one attached hydrogen (secondary N) is 1. The Morgan fingerprint density at radius 2 is 1.56 bits per heavy atom. The third kappa shape index (κ3) is 5.45. The Hall–Kier alpha value is -3.62. The van der Waals surface area contributed by atoms with Crippen LogP contribution in [0.4, 0.5) is 0 Å². The highest BCUT2D eigenvalue weighted by Gasteiger charge is 2.29. The first-order chi connectivity index (χ1) is 17.2. The second-order valence-corrected chi connectivity index (χ2v) is 10.6. The maximum atomic E-state index is 12.8. The van der Waals surface area contributed by atoms with E-state index >= 15 is 0 Å². The number of ether oxygens (including phenoxy) is 2. The van der Waals surface area contributed by atoms with E-state index in [0.29, 0.717) is 12.4 Å². The van der Waals surface area contributed by atoms with Crippen LogP contribution in [0, 0.1) is 12.8 Å². The number of carbonyl (C=O) groups excluding carboxylic acids is 1. The Labute approximate surface area is 211 Å². The van der Waals surface area contributed by atoms with Crippen LogP contribution in [-0.2, 0) is 26.2 Å². The van der Waals surface area contributed by atoms with E-state index < -0.39 is 22.0 Å². The van der Waals surface area contributed by atoms with Gasteiger partial charge < -0.3 is 13.9 Å². The molecule has 0 bridgehead atoms. The summed E-state index contributed by atoms with van der Waals surface area (Å²) in [5, 5.41) is 1.08. The lowest BCUT2D eigenvalue weighted by Gasteiger charge is -2.19. The van der Waals surface area contributed by atoms with E-state index in [-0.39, 0.29) is 10.8 Å². The molecule has 0 saturated heterocycles. The molecule has 8 heteroatoms. The van der Waals surface area contributed by atoms with Gasteiger partial charge in [0.1, 0.15) is 29.7 Å². The summed E-state index contributed by atoms with van der Waals surface area (Å²) < 4.78 is 44.6. The summed E-state index contributed by atoms with van der Waals surface area (Å²) in [6.45, 7) is 5.84. The fourth-order valence-corrected chi connectivity index (χ4v) is 5.23. The van der Waals surface area contributed by atoms with Crippen LogP contribution in [0.1, 0.15) is 25.2 Å². The van der Waals surface area contributed by atoms with Crippen LogP contribution >= 0.6 is 0 Å². The first-order valence-corrected chi connectivity index (χ1v) is 13.1. The average Bonchev–Trinajstić information content (AvgIpc) is 3.21. The first kappa shape index (κ1) is 25.5. The summed E-state index contributed by atoms with van der Waals surface area (Å²) in [6.07, 6.45) is 0. The molecule has 7 nitrogen and oxygen atoms in total. The molecular formula is C28H29NO6S. The van der Waals surface area contributed by atoms with Crippen molar-refractivity contribution in [1.82, 2.24) is 4.72 Å². The zero-order chi connectivity index (χ0) is 25.9. The Balaban J connectivity index is 1.43. The third-order valence-corrected chi connectivity index (χ3v) is 7.53. The van der Waals surface area contributed by atoms with E-state index in [1.807, 2.05) is 55.5 Å². The van der Waals surface area contributed by atoms with E-state index in [9.17, 15) is 13.2 Å². The summed E-state index contributed by atoms with van der Waals surface area (Å²) in [5.74, 6) is 0.605. The van der Waals surface area contributed by atoms with Gasteiger partial charge in [-0.1, -0.05) is 56.3 Å². The highest BCUT2D eigenvalue weighted by molar-refractivity contribution is 7.89. The Bertz CT molecular complexity index is 1450. The molecule has 1 N–H and O–H groups in total. The molecule has 4 aromatic rings. The minimum absolute atomic E-state index is 0.0713. The van der Waals surface area contributed by atoms with E-state index in [2.05, 4.69) is 4.72 Å². The molecule has 188 valence electrons. The number of sulfonamides is 1. The Kier molecular flexibility index (Phi) is 7.47. The summed E-state index contributed by atoms with van der Waals surface area (Å²) in [7, 11) is -2.66. The lowest BCUT2D eigenvalue weighted by atomic mass is 10.1. The molecular weight excluding hydrogens is 478 g/mol. The van der Waals surface area contributed by atoms with Crippen LogP contribution in [0.2, 0.25) is 0 Å². The van der Waals surface area contributed by atoms with Crippen LogP contribution in [0.15, 0.2) is 82.1 Å². The lowest BCUT2D eigenvalue weighted by molar-refractivity contribution is -0.143. The van der Waals surface area contributed by atoms with Gasteiger partial charge in [-0.15, -0.1) is 0 Å². The molecule has 0 aliphatic heterocycles. The van der Waals surface area contributed by atoms with E-state index in [1.165, 1.54) is 19.2 Å². The number of hydrogen-bond donors (Lipinski definition) is 1. The second-order valence-electron chi connectivity index (χ2n) is 8.85. The van der Waals surface area contributed by atoms with Crippen molar-refractivity contribution in [3.63, 3.8) is 0 Å². The van der Waals surface area contributed by atoms with Crippen molar-refractivity contribution in [2.45, 2.75) is 38.3 Å². The second kappa shape index (κ2) is 10.6. The highest BCUT2D eigenvalue weighted by atomic mass is 32.2. The highest BCUT2D eigenvalue weighted by Crippen LogP contribution is 2.28. The minimum atomic E-state index is -3.89. The SMILES string of the molecule is COC(=O)[C@H](NS(=O)(=O)c1ccc(-c2ccc(OCc3oc4ccccc4c3C)cc2)cc1)C(C)C.